The van der Waals surface area contributed by atoms with Crippen LogP contribution in [0, 0.1) is 0 Å². The number of hydrogen-bond acceptors (Lipinski definition) is 5. The van der Waals surface area contributed by atoms with E-state index in [0.29, 0.717) is 44.4 Å². The number of para-hydroxylation sites is 1. The molecule has 0 radical (unpaired) electrons. The van der Waals surface area contributed by atoms with Gasteiger partial charge in [-0.05, 0) is 30.5 Å². The third kappa shape index (κ3) is 3.12. The molecule has 0 unspecified atom stereocenters. The fourth-order valence-electron chi connectivity index (χ4n) is 3.53. The van der Waals surface area contributed by atoms with Crippen LogP contribution in [0.1, 0.15) is 22.5 Å². The van der Waals surface area contributed by atoms with Crippen LogP contribution in [0.4, 0.5) is 11.6 Å². The van der Waals surface area contributed by atoms with Crippen LogP contribution >= 0.6 is 0 Å². The molecule has 0 aliphatic carbocycles. The minimum Gasteiger partial charge on any atom is -0.342 e. The predicted octanol–water partition coefficient (Wildman–Crippen LogP) is 1.35. The Morgan fingerprint density at radius 3 is 2.65 bits per heavy atom. The van der Waals surface area contributed by atoms with Crippen molar-refractivity contribution >= 4 is 24.0 Å². The van der Waals surface area contributed by atoms with Crippen LogP contribution in [0.5, 0.6) is 0 Å². The molecule has 0 saturated carbocycles. The molecule has 2 aliphatic heterocycles. The highest BCUT2D eigenvalue weighted by Crippen LogP contribution is 2.28. The van der Waals surface area contributed by atoms with Gasteiger partial charge in [-0.2, -0.15) is 0 Å². The van der Waals surface area contributed by atoms with E-state index in [-0.39, 0.29) is 5.91 Å². The van der Waals surface area contributed by atoms with E-state index in [4.69, 9.17) is 0 Å². The molecule has 7 heteroatoms. The maximum absolute atomic E-state index is 13.1. The van der Waals surface area contributed by atoms with Gasteiger partial charge in [-0.1, -0.05) is 18.2 Å². The molecule has 0 atom stereocenters. The van der Waals surface area contributed by atoms with Crippen molar-refractivity contribution in [2.24, 2.45) is 0 Å². The lowest BCUT2D eigenvalue weighted by Gasteiger charge is -2.33. The molecule has 26 heavy (non-hydrogen) atoms. The first-order valence-corrected chi connectivity index (χ1v) is 8.93. The van der Waals surface area contributed by atoms with Gasteiger partial charge in [0.25, 0.3) is 5.91 Å². The highest BCUT2D eigenvalue weighted by molar-refractivity contribution is 6.05. The van der Waals surface area contributed by atoms with E-state index in [9.17, 15) is 9.59 Å². The van der Waals surface area contributed by atoms with E-state index in [1.807, 2.05) is 28.0 Å². The molecule has 3 heterocycles. The molecule has 1 fully saturated rings. The molecule has 0 spiro atoms. The van der Waals surface area contributed by atoms with Gasteiger partial charge in [0, 0.05) is 44.6 Å². The number of carbonyl (C=O) groups excluding carboxylic acids is 2. The molecular formula is C19H21N5O2. The molecule has 134 valence electrons. The van der Waals surface area contributed by atoms with E-state index in [2.05, 4.69) is 16.0 Å². The molecule has 2 aliphatic rings. The maximum Gasteiger partial charge on any atom is 0.277 e. The van der Waals surface area contributed by atoms with E-state index in [0.717, 1.165) is 24.9 Å². The van der Waals surface area contributed by atoms with Gasteiger partial charge < -0.3 is 14.7 Å². The zero-order valence-corrected chi connectivity index (χ0v) is 14.5. The highest BCUT2D eigenvalue weighted by atomic mass is 16.2. The maximum atomic E-state index is 13.1. The number of hydrogen-bond donors (Lipinski definition) is 0. The molecule has 1 saturated heterocycles. The number of aromatic nitrogens is 2. The molecule has 2 aromatic rings. The van der Waals surface area contributed by atoms with Crippen LogP contribution in [-0.4, -0.2) is 59.9 Å². The van der Waals surface area contributed by atoms with E-state index < -0.39 is 0 Å². The summed E-state index contributed by atoms with van der Waals surface area (Å²) in [6.45, 7) is 3.33. The molecule has 0 bridgehead atoms. The summed E-state index contributed by atoms with van der Waals surface area (Å²) in [4.78, 5) is 38.3. The standard InChI is InChI=1S/C19H21N5O2/c25-14-22-10-12-23(13-11-22)19-20-8-7-16(21-19)18(26)24-9-3-5-15-4-1-2-6-17(15)24/h1-2,4,6-8,14H,3,5,9-13H2. The van der Waals surface area contributed by atoms with Crippen molar-refractivity contribution in [3.63, 3.8) is 0 Å². The monoisotopic (exact) mass is 351 g/mol. The normalized spacial score (nSPS) is 17.0. The van der Waals surface area contributed by atoms with Crippen molar-refractivity contribution in [3.8, 4) is 0 Å². The predicted molar refractivity (Wildman–Crippen MR) is 98.3 cm³/mol. The second kappa shape index (κ2) is 7.11. The fourth-order valence-corrected chi connectivity index (χ4v) is 3.53. The van der Waals surface area contributed by atoms with E-state index in [1.165, 1.54) is 5.56 Å². The molecule has 4 rings (SSSR count). The number of nitrogens with zero attached hydrogens (tertiary/aromatic N) is 5. The fraction of sp³-hybridized carbons (Fsp3) is 0.368. The lowest BCUT2D eigenvalue weighted by molar-refractivity contribution is -0.118. The average molecular weight is 351 g/mol. The first-order chi connectivity index (χ1) is 12.8. The summed E-state index contributed by atoms with van der Waals surface area (Å²) >= 11 is 0. The van der Waals surface area contributed by atoms with Crippen LogP contribution in [0.3, 0.4) is 0 Å². The number of fused-ring (bicyclic) bond motifs is 1. The zero-order valence-electron chi connectivity index (χ0n) is 14.5. The van der Waals surface area contributed by atoms with E-state index in [1.54, 1.807) is 17.2 Å². The Morgan fingerprint density at radius 1 is 1.04 bits per heavy atom. The molecule has 7 nitrogen and oxygen atoms in total. The molecule has 1 aromatic carbocycles. The Morgan fingerprint density at radius 2 is 1.85 bits per heavy atom. The Hall–Kier alpha value is -2.96. The number of aryl methyl sites for hydroxylation is 1. The van der Waals surface area contributed by atoms with Gasteiger partial charge in [0.05, 0.1) is 0 Å². The molecular weight excluding hydrogens is 330 g/mol. The summed E-state index contributed by atoms with van der Waals surface area (Å²) in [6.07, 6.45) is 4.45. The van der Waals surface area contributed by atoms with Crippen molar-refractivity contribution in [2.45, 2.75) is 12.8 Å². The second-order valence-electron chi connectivity index (χ2n) is 6.56. The largest absolute Gasteiger partial charge is 0.342 e. The van der Waals surface area contributed by atoms with Crippen LogP contribution in [0.15, 0.2) is 36.5 Å². The van der Waals surface area contributed by atoms with Gasteiger partial charge in [0.1, 0.15) is 5.69 Å². The topological polar surface area (TPSA) is 69.6 Å². The Bertz CT molecular complexity index is 817. The Balaban J connectivity index is 1.56. The van der Waals surface area contributed by atoms with Gasteiger partial charge in [-0.25, -0.2) is 9.97 Å². The molecule has 2 amide bonds. The number of carbonyl (C=O) groups is 2. The second-order valence-corrected chi connectivity index (χ2v) is 6.56. The van der Waals surface area contributed by atoms with Gasteiger partial charge in [-0.3, -0.25) is 9.59 Å². The van der Waals surface area contributed by atoms with Gasteiger partial charge >= 0.3 is 0 Å². The summed E-state index contributed by atoms with van der Waals surface area (Å²) in [5, 5.41) is 0. The third-order valence-electron chi connectivity index (χ3n) is 4.96. The van der Waals surface area contributed by atoms with Crippen LogP contribution < -0.4 is 9.80 Å². The van der Waals surface area contributed by atoms with Crippen molar-refractivity contribution in [3.05, 3.63) is 47.8 Å². The number of anilines is 2. The van der Waals surface area contributed by atoms with Crippen LogP contribution in [-0.2, 0) is 11.2 Å². The van der Waals surface area contributed by atoms with Crippen molar-refractivity contribution < 1.29 is 9.59 Å². The molecule has 0 N–H and O–H groups in total. The Labute approximate surface area is 152 Å². The van der Waals surface area contributed by atoms with Crippen molar-refractivity contribution in [1.29, 1.82) is 0 Å². The SMILES string of the molecule is O=CN1CCN(c2nccc(C(=O)N3CCCc4ccccc43)n2)CC1. The highest BCUT2D eigenvalue weighted by Gasteiger charge is 2.25. The minimum atomic E-state index is -0.0904. The lowest BCUT2D eigenvalue weighted by Crippen LogP contribution is -2.46. The summed E-state index contributed by atoms with van der Waals surface area (Å²) in [5.74, 6) is 0.457. The summed E-state index contributed by atoms with van der Waals surface area (Å²) in [7, 11) is 0. The number of rotatable bonds is 3. The van der Waals surface area contributed by atoms with E-state index >= 15 is 0 Å². The van der Waals surface area contributed by atoms with Crippen LogP contribution in [0.25, 0.3) is 0 Å². The molecule has 1 aromatic heterocycles. The average Bonchev–Trinajstić information content (AvgIpc) is 2.73. The number of amides is 2. The number of benzene rings is 1. The zero-order chi connectivity index (χ0) is 17.9. The van der Waals surface area contributed by atoms with Gasteiger partial charge in [-0.15, -0.1) is 0 Å². The van der Waals surface area contributed by atoms with Crippen molar-refractivity contribution in [1.82, 2.24) is 14.9 Å². The lowest BCUT2D eigenvalue weighted by atomic mass is 10.0. The van der Waals surface area contributed by atoms with Crippen LogP contribution in [0.2, 0.25) is 0 Å². The quantitative estimate of drug-likeness (QED) is 0.781. The van der Waals surface area contributed by atoms with Gasteiger partial charge in [0.2, 0.25) is 12.4 Å². The smallest absolute Gasteiger partial charge is 0.277 e. The van der Waals surface area contributed by atoms with Crippen molar-refractivity contribution in [2.75, 3.05) is 42.5 Å². The third-order valence-corrected chi connectivity index (χ3v) is 4.96. The number of piperazine rings is 1. The first kappa shape index (κ1) is 16.5. The Kier molecular flexibility index (Phi) is 4.51. The summed E-state index contributed by atoms with van der Waals surface area (Å²) in [6, 6.07) is 9.71. The summed E-state index contributed by atoms with van der Waals surface area (Å²) in [5.41, 5.74) is 2.58. The van der Waals surface area contributed by atoms with Gasteiger partial charge in [0.15, 0.2) is 0 Å². The minimum absolute atomic E-state index is 0.0904. The first-order valence-electron chi connectivity index (χ1n) is 8.93. The summed E-state index contributed by atoms with van der Waals surface area (Å²) < 4.78 is 0.